The van der Waals surface area contributed by atoms with Gasteiger partial charge in [-0.3, -0.25) is 0 Å². The lowest BCUT2D eigenvalue weighted by Crippen LogP contribution is -2.60. The zero-order valence-electron chi connectivity index (χ0n) is 72.0. The zero-order chi connectivity index (χ0) is 103. The maximum absolute atomic E-state index is 15.2. The Labute approximate surface area is 795 Å². The largest absolute Gasteiger partial charge is 0.507 e. The third-order valence-electron chi connectivity index (χ3n) is 25.8. The van der Waals surface area contributed by atoms with Gasteiger partial charge in [-0.05, 0) is 84.9 Å². The number of aliphatic hydroxyl groups excluding tert-OH is 7. The number of fused-ring (bicyclic) bond motifs is 5. The third kappa shape index (κ3) is 15.6. The van der Waals surface area contributed by atoms with Crippen molar-refractivity contribution < 1.29 is 241 Å². The molecule has 0 radical (unpaired) electrons. The summed E-state index contributed by atoms with van der Waals surface area (Å²) in [4.78, 5) is 29.5. The minimum atomic E-state index is -2.74. The lowest BCUT2D eigenvalue weighted by atomic mass is 9.71. The van der Waals surface area contributed by atoms with E-state index in [0.717, 1.165) is 24.3 Å². The molecule has 48 nitrogen and oxygen atoms in total. The van der Waals surface area contributed by atoms with Crippen molar-refractivity contribution in [2.24, 2.45) is 0 Å². The van der Waals surface area contributed by atoms with Crippen LogP contribution in [-0.2, 0) is 20.6 Å². The fourth-order valence-corrected chi connectivity index (χ4v) is 19.1. The number of aromatic hydroxyl groups is 30. The number of hydrogen-bond donors (Lipinski definition) is 37. The molecule has 1 saturated heterocycles. The van der Waals surface area contributed by atoms with Crippen LogP contribution in [0.3, 0.4) is 0 Å². The van der Waals surface area contributed by atoms with Crippen LogP contribution in [0.1, 0.15) is 153 Å². The molecule has 0 bridgehead atoms. The lowest BCUT2D eigenvalue weighted by Gasteiger charge is -2.45. The van der Waals surface area contributed by atoms with Crippen LogP contribution in [-0.4, -0.2) is 269 Å². The van der Waals surface area contributed by atoms with Crippen LogP contribution >= 0.6 is 0 Å². The van der Waals surface area contributed by atoms with Crippen LogP contribution in [0, 0.1) is 0 Å². The number of ether oxygens (including phenoxy) is 9. The first-order valence-electron chi connectivity index (χ1n) is 42.3. The molecule has 19 atom stereocenters. The topological polar surface area (TPSA) is 866 Å². The minimum Gasteiger partial charge on any atom is -0.507 e. The molecule has 143 heavy (non-hydrogen) atoms. The Kier molecular flexibility index (Phi) is 23.3. The highest BCUT2D eigenvalue weighted by molar-refractivity contribution is 5.92. The van der Waals surface area contributed by atoms with Crippen LogP contribution in [0.15, 0.2) is 121 Å². The molecule has 0 saturated carbocycles. The summed E-state index contributed by atoms with van der Waals surface area (Å²) < 4.78 is 56.6. The molecule has 19 unspecified atom stereocenters. The van der Waals surface area contributed by atoms with Crippen LogP contribution in [0.25, 0.3) is 0 Å². The summed E-state index contributed by atoms with van der Waals surface area (Å²) in [5, 5.41) is 431. The summed E-state index contributed by atoms with van der Waals surface area (Å²) in [6.07, 6.45) is -35.0. The molecule has 12 aromatic rings. The van der Waals surface area contributed by atoms with Gasteiger partial charge in [0.05, 0.1) is 41.4 Å². The van der Waals surface area contributed by atoms with Gasteiger partial charge in [0.1, 0.15) is 135 Å². The van der Waals surface area contributed by atoms with E-state index in [1.807, 2.05) is 0 Å². The first kappa shape index (κ1) is 95.4. The summed E-state index contributed by atoms with van der Waals surface area (Å²) in [6.45, 7) is -1.03. The van der Waals surface area contributed by atoms with E-state index >= 15 is 4.79 Å². The number of carbonyl (C=O) groups is 2. The molecule has 48 heteroatoms. The minimum absolute atomic E-state index is 0.335. The van der Waals surface area contributed by atoms with Gasteiger partial charge in [-0.25, -0.2) is 9.59 Å². The van der Waals surface area contributed by atoms with E-state index in [0.29, 0.717) is 97.1 Å². The highest BCUT2D eigenvalue weighted by Crippen LogP contribution is 2.68. The fourth-order valence-electron chi connectivity index (χ4n) is 19.1. The average molecular weight is 1990 g/mol. The quantitative estimate of drug-likeness (QED) is 0.0430. The summed E-state index contributed by atoms with van der Waals surface area (Å²) in [7, 11) is 0. The van der Waals surface area contributed by atoms with Crippen molar-refractivity contribution in [1.82, 2.24) is 0 Å². The van der Waals surface area contributed by atoms with Crippen molar-refractivity contribution in [3.05, 3.63) is 210 Å². The number of carbonyl (C=O) groups excluding carboxylic acids is 2. The monoisotopic (exact) mass is 1990 g/mol. The number of esters is 2. The molecule has 12 aromatic carbocycles. The second-order valence-corrected chi connectivity index (χ2v) is 34.4. The van der Waals surface area contributed by atoms with Gasteiger partial charge >= 0.3 is 11.9 Å². The smallest absolute Gasteiger partial charge is 0.338 e. The Hall–Kier alpha value is -17.9. The standard InChI is InChI=1S/C95H80O48/c96-22-57-78(127)82(131)83(132)95(139-57)135-30-15-32(97)58-55(16-30)137-88(27-9-48(113)75(124)49(114)10-27)92(143-94(134)29-13-52(117)77(126)53(118)14-29)69(58)65-38(103)20-37(102)64-68(81(130)87(142-91(64)65)26-7-46(111)74(123)47(112)8-26)63-36(101)19-35(100)62-67(80(129)86(141-90(62)63)25-5-44(109)73(122)45(110)6-25)61-34(99)18-33(98)60-66(79(128)85(140-89(60)61)24-3-42(107)72(121)43(108)4-24)59-39(104)21-54-31(70(59)119)17-56(84(136-54)23-1-40(105)71(120)41(106)2-23)138-93(133)28-11-50(115)76(125)51(116)12-28/h1-16,18-21,56-57,66-69,78-88,92,95-132H,17,22H2. The zero-order valence-corrected chi connectivity index (χ0v) is 72.0. The van der Waals surface area contributed by atoms with E-state index < -0.39 is 431 Å². The molecule has 37 N–H and O–H groups in total. The molecule has 1 fully saturated rings. The van der Waals surface area contributed by atoms with E-state index in [2.05, 4.69) is 0 Å². The van der Waals surface area contributed by atoms with E-state index in [9.17, 15) is 194 Å². The van der Waals surface area contributed by atoms with Crippen LogP contribution in [0.2, 0.25) is 0 Å². The van der Waals surface area contributed by atoms with Gasteiger partial charge in [-0.15, -0.1) is 0 Å². The van der Waals surface area contributed by atoms with E-state index in [1.165, 1.54) is 0 Å². The molecule has 0 amide bonds. The lowest BCUT2D eigenvalue weighted by molar-refractivity contribution is -0.277. The fraction of sp³-hybridized carbons (Fsp3) is 0.221. The van der Waals surface area contributed by atoms with Gasteiger partial charge in [-0.1, -0.05) is 0 Å². The highest BCUT2D eigenvalue weighted by Gasteiger charge is 2.57. The Morgan fingerprint density at radius 2 is 0.559 bits per heavy atom. The molecule has 0 aromatic heterocycles. The van der Waals surface area contributed by atoms with Gasteiger partial charge in [0.25, 0.3) is 0 Å². The van der Waals surface area contributed by atoms with E-state index in [1.54, 1.807) is 0 Å². The Balaban J connectivity index is 0.889. The van der Waals surface area contributed by atoms with E-state index in [4.69, 9.17) is 42.6 Å². The molecular formula is C95H80O48. The van der Waals surface area contributed by atoms with Crippen LogP contribution < -0.4 is 28.4 Å². The molecule has 748 valence electrons. The van der Waals surface area contributed by atoms with E-state index in [-0.39, 0.29) is 5.56 Å². The summed E-state index contributed by atoms with van der Waals surface area (Å²) in [5.74, 6) is -55.0. The van der Waals surface area contributed by atoms with Gasteiger partial charge in [-0.2, -0.15) is 0 Å². The highest BCUT2D eigenvalue weighted by atomic mass is 16.7. The summed E-state index contributed by atoms with van der Waals surface area (Å²) in [5.41, 5.74) is -13.1. The molecule has 18 rings (SSSR count). The molecule has 6 aliphatic rings. The van der Waals surface area contributed by atoms with Crippen LogP contribution in [0.5, 0.6) is 207 Å². The molecular weight excluding hydrogens is 1910 g/mol. The second kappa shape index (κ2) is 34.9. The molecule has 6 heterocycles. The Morgan fingerprint density at radius 1 is 0.266 bits per heavy atom. The van der Waals surface area contributed by atoms with Crippen molar-refractivity contribution in [3.63, 3.8) is 0 Å². The number of benzene rings is 12. The Bertz CT molecular complexity index is 7140. The first-order chi connectivity index (χ1) is 67.5. The first-order valence-corrected chi connectivity index (χ1v) is 42.3. The normalized spacial score (nSPS) is 24.0. The van der Waals surface area contributed by atoms with Gasteiger partial charge in [0.2, 0.25) is 6.29 Å². The number of phenolic OH excluding ortho intramolecular Hbond substituents is 30. The SMILES string of the molecule is O=C(OC1Cc2c(cc(O)c(C3c4c(O)cc(O)c(C5c6c(O)cc(O)c(C7c8c(O)cc(O)c(C9c%10c(O)cc(OC%11OC(CO)C(O)C(O)C%11O)cc%10OC(c%10cc(O)c(O)c(O)c%10)C9OC(=O)c9cc(O)c(O)c(O)c9)c8OC(c8cc(O)c(O)c(O)c8)C7O)c6OC(c6cc(O)c(O)c(O)c6)C5O)c4OC(c4cc(O)c(O)c(O)c4)C3O)c2O)OC1c1cc(O)c(O)c(O)c1)c1cc(O)c(O)c(O)c1. The maximum Gasteiger partial charge on any atom is 0.338 e. The van der Waals surface area contributed by atoms with Gasteiger partial charge < -0.3 is 232 Å². The maximum atomic E-state index is 15.2. The van der Waals surface area contributed by atoms with Crippen molar-refractivity contribution in [2.75, 3.05) is 6.61 Å². The average Bonchev–Trinajstić information content (AvgIpc) is 0.701. The second-order valence-electron chi connectivity index (χ2n) is 34.4. The number of rotatable bonds is 16. The predicted octanol–water partition coefficient (Wildman–Crippen LogP) is 5.31. The van der Waals surface area contributed by atoms with Crippen molar-refractivity contribution in [1.29, 1.82) is 0 Å². The van der Waals surface area contributed by atoms with Gasteiger partial charge in [0.15, 0.2) is 157 Å². The number of hydrogen-bond acceptors (Lipinski definition) is 48. The van der Waals surface area contributed by atoms with Crippen LogP contribution in [0.4, 0.5) is 0 Å². The molecule has 6 aliphatic heterocycles. The third-order valence-corrected chi connectivity index (χ3v) is 25.8. The van der Waals surface area contributed by atoms with Crippen molar-refractivity contribution in [2.45, 2.75) is 122 Å². The number of aliphatic hydroxyl groups is 7. The summed E-state index contributed by atoms with van der Waals surface area (Å²) in [6, 6.07) is 12.8. The van der Waals surface area contributed by atoms with Crippen molar-refractivity contribution in [3.8, 4) is 207 Å². The predicted molar refractivity (Wildman–Crippen MR) is 466 cm³/mol. The Morgan fingerprint density at radius 3 is 0.909 bits per heavy atom. The molecule has 0 spiro atoms. The molecule has 0 aliphatic carbocycles. The van der Waals surface area contributed by atoms with Gasteiger partial charge in [0, 0.05) is 121 Å². The van der Waals surface area contributed by atoms with Crippen molar-refractivity contribution >= 4 is 11.9 Å². The number of phenols is 30. The summed E-state index contributed by atoms with van der Waals surface area (Å²) >= 11 is 0.